The van der Waals surface area contributed by atoms with Gasteiger partial charge in [-0.25, -0.2) is 4.79 Å². The third-order valence-corrected chi connectivity index (χ3v) is 3.28. The maximum absolute atomic E-state index is 11.6. The lowest BCUT2D eigenvalue weighted by molar-refractivity contribution is -0.140. The molecule has 84 valence electrons. The monoisotopic (exact) mass is 210 g/mol. The molecule has 0 saturated heterocycles. The fourth-order valence-corrected chi connectivity index (χ4v) is 2.47. The van der Waals surface area contributed by atoms with Crippen molar-refractivity contribution < 1.29 is 14.6 Å². The molecule has 0 radical (unpaired) electrons. The molecule has 15 heavy (non-hydrogen) atoms. The molecule has 1 heterocycles. The Morgan fingerprint density at radius 2 is 2.33 bits per heavy atom. The molecule has 1 N–H and O–H groups in total. The highest BCUT2D eigenvalue weighted by Crippen LogP contribution is 2.36. The number of cyclic esters (lactones) is 1. The summed E-state index contributed by atoms with van der Waals surface area (Å²) < 4.78 is 5.31. The number of rotatable bonds is 3. The zero-order valence-electron chi connectivity index (χ0n) is 9.16. The molecular weight excluding hydrogens is 192 g/mol. The Morgan fingerprint density at radius 1 is 1.53 bits per heavy atom. The van der Waals surface area contributed by atoms with Gasteiger partial charge in [0.2, 0.25) is 0 Å². The fourth-order valence-electron chi connectivity index (χ4n) is 2.47. The van der Waals surface area contributed by atoms with E-state index in [0.717, 1.165) is 37.7 Å². The van der Waals surface area contributed by atoms with Crippen molar-refractivity contribution in [2.45, 2.75) is 57.7 Å². The van der Waals surface area contributed by atoms with Crippen LogP contribution in [-0.2, 0) is 9.53 Å². The summed E-state index contributed by atoms with van der Waals surface area (Å²) in [4.78, 5) is 11.6. The molecule has 0 spiro atoms. The van der Waals surface area contributed by atoms with Crippen LogP contribution in [0.4, 0.5) is 0 Å². The molecule has 1 aliphatic carbocycles. The van der Waals surface area contributed by atoms with E-state index in [0.29, 0.717) is 12.0 Å². The van der Waals surface area contributed by atoms with Gasteiger partial charge in [-0.3, -0.25) is 0 Å². The highest BCUT2D eigenvalue weighted by atomic mass is 16.5. The van der Waals surface area contributed by atoms with Gasteiger partial charge in [0.15, 0.2) is 0 Å². The molecule has 0 amide bonds. The second kappa shape index (κ2) is 4.35. The summed E-state index contributed by atoms with van der Waals surface area (Å²) in [6.45, 7) is 2.13. The normalized spacial score (nSPS) is 30.4. The van der Waals surface area contributed by atoms with Crippen LogP contribution in [0, 0.1) is 0 Å². The molecule has 3 heteroatoms. The third kappa shape index (κ3) is 1.93. The van der Waals surface area contributed by atoms with Crippen LogP contribution in [-0.4, -0.2) is 23.3 Å². The van der Waals surface area contributed by atoms with Gasteiger partial charge >= 0.3 is 5.97 Å². The number of carbonyl (C=O) groups excluding carboxylic acids is 1. The lowest BCUT2D eigenvalue weighted by atomic mass is 9.87. The highest BCUT2D eigenvalue weighted by Gasteiger charge is 2.38. The van der Waals surface area contributed by atoms with Crippen LogP contribution in [0.15, 0.2) is 11.1 Å². The summed E-state index contributed by atoms with van der Waals surface area (Å²) in [5.41, 5.74) is 1.65. The van der Waals surface area contributed by atoms with Gasteiger partial charge in [0.25, 0.3) is 0 Å². The van der Waals surface area contributed by atoms with Crippen molar-refractivity contribution in [1.82, 2.24) is 0 Å². The second-order valence-corrected chi connectivity index (χ2v) is 4.38. The summed E-state index contributed by atoms with van der Waals surface area (Å²) in [7, 11) is 0. The van der Waals surface area contributed by atoms with E-state index in [-0.39, 0.29) is 12.1 Å². The molecule has 1 aliphatic heterocycles. The first-order valence-corrected chi connectivity index (χ1v) is 5.86. The Bertz CT molecular complexity index is 293. The second-order valence-electron chi connectivity index (χ2n) is 4.38. The lowest BCUT2D eigenvalue weighted by Crippen LogP contribution is -2.19. The molecule has 0 aromatic carbocycles. The fraction of sp³-hybridized carbons (Fsp3) is 0.750. The molecule has 0 aromatic rings. The van der Waals surface area contributed by atoms with Crippen LogP contribution in [0.2, 0.25) is 0 Å². The summed E-state index contributed by atoms with van der Waals surface area (Å²) in [6, 6.07) is 0. The zero-order chi connectivity index (χ0) is 10.8. The van der Waals surface area contributed by atoms with Crippen LogP contribution in [0.5, 0.6) is 0 Å². The largest absolute Gasteiger partial charge is 0.454 e. The molecule has 3 nitrogen and oxygen atoms in total. The molecule has 0 bridgehead atoms. The summed E-state index contributed by atoms with van der Waals surface area (Å²) in [5, 5.41) is 9.73. The first kappa shape index (κ1) is 10.7. The Balaban J connectivity index is 2.14. The van der Waals surface area contributed by atoms with Gasteiger partial charge in [-0.1, -0.05) is 13.3 Å². The molecule has 0 unspecified atom stereocenters. The van der Waals surface area contributed by atoms with E-state index in [1.54, 1.807) is 0 Å². The van der Waals surface area contributed by atoms with Gasteiger partial charge in [0, 0.05) is 0 Å². The van der Waals surface area contributed by atoms with E-state index in [1.165, 1.54) is 0 Å². The molecule has 0 aromatic heterocycles. The maximum atomic E-state index is 11.6. The molecule has 0 fully saturated rings. The quantitative estimate of drug-likeness (QED) is 0.724. The summed E-state index contributed by atoms with van der Waals surface area (Å²) >= 11 is 0. The SMILES string of the molecule is CCCC[C@@H]1OC(=O)C2=C1CCC[C@H]2O. The Morgan fingerprint density at radius 3 is 3.07 bits per heavy atom. The van der Waals surface area contributed by atoms with Crippen molar-refractivity contribution in [1.29, 1.82) is 0 Å². The van der Waals surface area contributed by atoms with Crippen molar-refractivity contribution in [3.8, 4) is 0 Å². The smallest absolute Gasteiger partial charge is 0.337 e. The molecule has 2 aliphatic rings. The predicted octanol–water partition coefficient (Wildman–Crippen LogP) is 1.94. The first-order chi connectivity index (χ1) is 7.24. The lowest BCUT2D eigenvalue weighted by Gasteiger charge is -2.19. The number of hydrogen-bond acceptors (Lipinski definition) is 3. The maximum Gasteiger partial charge on any atom is 0.337 e. The number of carbonyl (C=O) groups is 1. The minimum Gasteiger partial charge on any atom is -0.454 e. The third-order valence-electron chi connectivity index (χ3n) is 3.28. The zero-order valence-corrected chi connectivity index (χ0v) is 9.16. The van der Waals surface area contributed by atoms with Crippen LogP contribution in [0.25, 0.3) is 0 Å². The Labute approximate surface area is 90.1 Å². The van der Waals surface area contributed by atoms with E-state index < -0.39 is 6.10 Å². The summed E-state index contributed by atoms with van der Waals surface area (Å²) in [6.07, 6.45) is 5.08. The number of aliphatic hydroxyl groups excluding tert-OH is 1. The number of aliphatic hydroxyl groups is 1. The number of esters is 1. The van der Waals surface area contributed by atoms with Crippen LogP contribution < -0.4 is 0 Å². The van der Waals surface area contributed by atoms with Gasteiger partial charge in [0.05, 0.1) is 11.7 Å². The topological polar surface area (TPSA) is 46.5 Å². The number of unbranched alkanes of at least 4 members (excludes halogenated alkanes) is 1. The Hall–Kier alpha value is -0.830. The van der Waals surface area contributed by atoms with Gasteiger partial charge in [0.1, 0.15) is 6.10 Å². The standard InChI is InChI=1S/C12H18O3/c1-2-3-7-10-8-5-4-6-9(13)11(8)12(14)15-10/h9-10,13H,2-7H2,1H3/t9-,10+/m1/s1. The van der Waals surface area contributed by atoms with Crippen molar-refractivity contribution in [2.24, 2.45) is 0 Å². The first-order valence-electron chi connectivity index (χ1n) is 5.86. The van der Waals surface area contributed by atoms with Crippen molar-refractivity contribution in [3.63, 3.8) is 0 Å². The van der Waals surface area contributed by atoms with Crippen molar-refractivity contribution in [3.05, 3.63) is 11.1 Å². The van der Waals surface area contributed by atoms with Gasteiger partial charge in [-0.05, 0) is 37.7 Å². The molecule has 0 saturated carbocycles. The summed E-state index contributed by atoms with van der Waals surface area (Å²) in [5.74, 6) is -0.279. The number of ether oxygens (including phenoxy) is 1. The van der Waals surface area contributed by atoms with Crippen LogP contribution >= 0.6 is 0 Å². The van der Waals surface area contributed by atoms with E-state index >= 15 is 0 Å². The minimum absolute atomic E-state index is 0.0394. The van der Waals surface area contributed by atoms with E-state index in [1.807, 2.05) is 0 Å². The van der Waals surface area contributed by atoms with Crippen molar-refractivity contribution >= 4 is 5.97 Å². The van der Waals surface area contributed by atoms with E-state index in [2.05, 4.69) is 6.92 Å². The molecule has 2 atom stereocenters. The molecule has 2 rings (SSSR count). The van der Waals surface area contributed by atoms with Gasteiger partial charge < -0.3 is 9.84 Å². The highest BCUT2D eigenvalue weighted by molar-refractivity contribution is 5.93. The van der Waals surface area contributed by atoms with Gasteiger partial charge in [-0.15, -0.1) is 0 Å². The van der Waals surface area contributed by atoms with Crippen LogP contribution in [0.3, 0.4) is 0 Å². The Kier molecular flexibility index (Phi) is 3.10. The minimum atomic E-state index is -0.576. The average Bonchev–Trinajstić information content (AvgIpc) is 2.54. The van der Waals surface area contributed by atoms with Gasteiger partial charge in [-0.2, -0.15) is 0 Å². The van der Waals surface area contributed by atoms with Crippen molar-refractivity contribution in [2.75, 3.05) is 0 Å². The molecular formula is C12H18O3. The average molecular weight is 210 g/mol. The number of hydrogen-bond donors (Lipinski definition) is 1. The predicted molar refractivity (Wildman–Crippen MR) is 56.3 cm³/mol. The van der Waals surface area contributed by atoms with Crippen LogP contribution in [0.1, 0.15) is 45.4 Å². The van der Waals surface area contributed by atoms with E-state index in [9.17, 15) is 9.90 Å². The van der Waals surface area contributed by atoms with E-state index in [4.69, 9.17) is 4.74 Å².